The molecule has 1 rings (SSSR count). The molecule has 0 radical (unpaired) electrons. The van der Waals surface area contributed by atoms with Crippen molar-refractivity contribution >= 4 is 11.4 Å². The molecule has 0 heterocycles. The van der Waals surface area contributed by atoms with Gasteiger partial charge in [0.2, 0.25) is 0 Å². The first kappa shape index (κ1) is 14.9. The number of anilines is 2. The zero-order chi connectivity index (χ0) is 13.1. The van der Waals surface area contributed by atoms with Crippen molar-refractivity contribution in [2.75, 3.05) is 17.6 Å². The van der Waals surface area contributed by atoms with Crippen LogP contribution in [-0.2, 0) is 0 Å². The van der Waals surface area contributed by atoms with E-state index in [1.165, 1.54) is 51.4 Å². The van der Waals surface area contributed by atoms with Crippen LogP contribution in [0, 0.1) is 0 Å². The molecule has 0 aliphatic heterocycles. The number of unbranched alkanes of at least 4 members (excludes halogenated alkanes) is 7. The quantitative estimate of drug-likeness (QED) is 0.460. The zero-order valence-corrected chi connectivity index (χ0v) is 11.8. The number of rotatable bonds is 10. The maximum atomic E-state index is 5.73. The van der Waals surface area contributed by atoms with Crippen molar-refractivity contribution in [2.24, 2.45) is 0 Å². The van der Waals surface area contributed by atoms with Gasteiger partial charge in [0.05, 0.1) is 0 Å². The first-order chi connectivity index (χ1) is 8.83. The Morgan fingerprint density at radius 1 is 0.944 bits per heavy atom. The van der Waals surface area contributed by atoms with Crippen molar-refractivity contribution in [3.8, 4) is 0 Å². The number of hydrogen-bond acceptors (Lipinski definition) is 2. The van der Waals surface area contributed by atoms with Gasteiger partial charge >= 0.3 is 0 Å². The molecule has 102 valence electrons. The monoisotopic (exact) mass is 248 g/mol. The van der Waals surface area contributed by atoms with Gasteiger partial charge < -0.3 is 11.1 Å². The average molecular weight is 248 g/mol. The van der Waals surface area contributed by atoms with E-state index in [0.29, 0.717) is 0 Å². The van der Waals surface area contributed by atoms with Crippen molar-refractivity contribution in [1.82, 2.24) is 0 Å². The molecule has 0 saturated heterocycles. The van der Waals surface area contributed by atoms with Gasteiger partial charge in [-0.1, -0.05) is 57.9 Å². The van der Waals surface area contributed by atoms with Gasteiger partial charge in [0.25, 0.3) is 0 Å². The van der Waals surface area contributed by atoms with Crippen LogP contribution >= 0.6 is 0 Å². The first-order valence-electron chi connectivity index (χ1n) is 7.42. The van der Waals surface area contributed by atoms with Crippen molar-refractivity contribution in [3.63, 3.8) is 0 Å². The first-order valence-corrected chi connectivity index (χ1v) is 7.42. The minimum atomic E-state index is 0.830. The van der Waals surface area contributed by atoms with Crippen LogP contribution in [0.5, 0.6) is 0 Å². The summed E-state index contributed by atoms with van der Waals surface area (Å²) in [5.41, 5.74) is 7.70. The molecule has 2 nitrogen and oxygen atoms in total. The molecule has 18 heavy (non-hydrogen) atoms. The molecule has 2 heteroatoms. The fourth-order valence-electron chi connectivity index (χ4n) is 2.14. The fourth-order valence-corrected chi connectivity index (χ4v) is 2.14. The van der Waals surface area contributed by atoms with E-state index in [1.54, 1.807) is 0 Å². The van der Waals surface area contributed by atoms with Crippen molar-refractivity contribution < 1.29 is 0 Å². The SMILES string of the molecule is CCCCCCCCCCNc1cccc(N)c1. The Morgan fingerprint density at radius 3 is 2.28 bits per heavy atom. The van der Waals surface area contributed by atoms with Crippen molar-refractivity contribution in [3.05, 3.63) is 24.3 Å². The van der Waals surface area contributed by atoms with E-state index in [9.17, 15) is 0 Å². The van der Waals surface area contributed by atoms with Crippen LogP contribution in [0.1, 0.15) is 58.3 Å². The van der Waals surface area contributed by atoms with Gasteiger partial charge in [0.15, 0.2) is 0 Å². The Balaban J connectivity index is 1.92. The van der Waals surface area contributed by atoms with Crippen LogP contribution in [0.25, 0.3) is 0 Å². The van der Waals surface area contributed by atoms with Gasteiger partial charge in [0.1, 0.15) is 0 Å². The van der Waals surface area contributed by atoms with E-state index in [4.69, 9.17) is 5.73 Å². The highest BCUT2D eigenvalue weighted by atomic mass is 14.9. The lowest BCUT2D eigenvalue weighted by atomic mass is 10.1. The van der Waals surface area contributed by atoms with Gasteiger partial charge in [0, 0.05) is 17.9 Å². The lowest BCUT2D eigenvalue weighted by molar-refractivity contribution is 0.581. The van der Waals surface area contributed by atoms with Crippen LogP contribution in [0.2, 0.25) is 0 Å². The summed E-state index contributed by atoms with van der Waals surface area (Å²) in [6, 6.07) is 7.97. The Bertz CT molecular complexity index is 310. The second kappa shape index (κ2) is 9.81. The molecule has 0 spiro atoms. The molecular formula is C16H28N2. The number of nitrogens with one attached hydrogen (secondary N) is 1. The summed E-state index contributed by atoms with van der Waals surface area (Å²) in [5, 5.41) is 3.42. The maximum Gasteiger partial charge on any atom is 0.0360 e. The Labute approximate surface area is 112 Å². The third kappa shape index (κ3) is 7.21. The Kier molecular flexibility index (Phi) is 8.11. The largest absolute Gasteiger partial charge is 0.399 e. The molecule has 1 aromatic carbocycles. The molecule has 0 aliphatic carbocycles. The number of benzene rings is 1. The summed E-state index contributed by atoms with van der Waals surface area (Å²) < 4.78 is 0. The molecule has 0 atom stereocenters. The van der Waals surface area contributed by atoms with Crippen LogP contribution in [0.3, 0.4) is 0 Å². The molecule has 0 fully saturated rings. The third-order valence-electron chi connectivity index (χ3n) is 3.25. The highest BCUT2D eigenvalue weighted by Gasteiger charge is 1.93. The van der Waals surface area contributed by atoms with Crippen LogP contribution in [0.15, 0.2) is 24.3 Å². The Hall–Kier alpha value is -1.18. The molecule has 3 N–H and O–H groups in total. The highest BCUT2D eigenvalue weighted by Crippen LogP contribution is 2.12. The standard InChI is InChI=1S/C16H28N2/c1-2-3-4-5-6-7-8-9-13-18-16-12-10-11-15(17)14-16/h10-12,14,18H,2-9,13,17H2,1H3. The lowest BCUT2D eigenvalue weighted by Crippen LogP contribution is -2.01. The summed E-state index contributed by atoms with van der Waals surface area (Å²) in [5.74, 6) is 0. The van der Waals surface area contributed by atoms with Gasteiger partial charge in [-0.15, -0.1) is 0 Å². The van der Waals surface area contributed by atoms with Crippen LogP contribution in [0.4, 0.5) is 11.4 Å². The molecule has 0 aromatic heterocycles. The number of nitrogen functional groups attached to an aromatic ring is 1. The summed E-state index contributed by atoms with van der Waals surface area (Å²) in [6.45, 7) is 3.32. The van der Waals surface area contributed by atoms with Crippen LogP contribution < -0.4 is 11.1 Å². The van der Waals surface area contributed by atoms with Gasteiger partial charge in [-0.05, 0) is 24.6 Å². The third-order valence-corrected chi connectivity index (χ3v) is 3.25. The van der Waals surface area contributed by atoms with E-state index in [2.05, 4.69) is 18.3 Å². The minimum Gasteiger partial charge on any atom is -0.399 e. The minimum absolute atomic E-state index is 0.830. The predicted molar refractivity (Wildman–Crippen MR) is 82.0 cm³/mol. The van der Waals surface area contributed by atoms with E-state index in [1.807, 2.05) is 18.2 Å². The number of hydrogen-bond donors (Lipinski definition) is 2. The normalized spacial score (nSPS) is 10.5. The second-order valence-corrected chi connectivity index (χ2v) is 5.03. The highest BCUT2D eigenvalue weighted by molar-refractivity contribution is 5.53. The molecule has 1 aromatic rings. The van der Waals surface area contributed by atoms with Gasteiger partial charge in [-0.25, -0.2) is 0 Å². The topological polar surface area (TPSA) is 38.0 Å². The van der Waals surface area contributed by atoms with Crippen LogP contribution in [-0.4, -0.2) is 6.54 Å². The molecule has 0 unspecified atom stereocenters. The van der Waals surface area contributed by atoms with Crippen molar-refractivity contribution in [2.45, 2.75) is 58.3 Å². The summed E-state index contributed by atoms with van der Waals surface area (Å²) in [6.07, 6.45) is 10.9. The molecule has 0 aliphatic rings. The molecule has 0 bridgehead atoms. The predicted octanol–water partition coefficient (Wildman–Crippen LogP) is 4.82. The average Bonchev–Trinajstić information content (AvgIpc) is 2.37. The fraction of sp³-hybridized carbons (Fsp3) is 0.625. The van der Waals surface area contributed by atoms with Crippen molar-refractivity contribution in [1.29, 1.82) is 0 Å². The molecule has 0 amide bonds. The molecular weight excluding hydrogens is 220 g/mol. The summed E-state index contributed by atoms with van der Waals surface area (Å²) >= 11 is 0. The lowest BCUT2D eigenvalue weighted by Gasteiger charge is -2.07. The zero-order valence-electron chi connectivity index (χ0n) is 11.8. The van der Waals surface area contributed by atoms with E-state index in [-0.39, 0.29) is 0 Å². The summed E-state index contributed by atoms with van der Waals surface area (Å²) in [4.78, 5) is 0. The maximum absolute atomic E-state index is 5.73. The second-order valence-electron chi connectivity index (χ2n) is 5.03. The smallest absolute Gasteiger partial charge is 0.0360 e. The van der Waals surface area contributed by atoms with E-state index >= 15 is 0 Å². The van der Waals surface area contributed by atoms with E-state index in [0.717, 1.165) is 17.9 Å². The van der Waals surface area contributed by atoms with Gasteiger partial charge in [-0.3, -0.25) is 0 Å². The number of nitrogens with two attached hydrogens (primary N) is 1. The van der Waals surface area contributed by atoms with E-state index < -0.39 is 0 Å². The summed E-state index contributed by atoms with van der Waals surface area (Å²) in [7, 11) is 0. The van der Waals surface area contributed by atoms with Gasteiger partial charge in [-0.2, -0.15) is 0 Å². The Morgan fingerprint density at radius 2 is 1.61 bits per heavy atom. The molecule has 0 saturated carbocycles.